The molecule has 3 heterocycles. The van der Waals surface area contributed by atoms with Gasteiger partial charge in [-0.3, -0.25) is 4.79 Å². The van der Waals surface area contributed by atoms with E-state index in [2.05, 4.69) is 25.6 Å². The Morgan fingerprint density at radius 3 is 3.00 bits per heavy atom. The van der Waals surface area contributed by atoms with Gasteiger partial charge in [-0.15, -0.1) is 10.2 Å². The van der Waals surface area contributed by atoms with Crippen LogP contribution in [-0.4, -0.2) is 37.8 Å². The number of aryl methyl sites for hydroxylation is 2. The Labute approximate surface area is 150 Å². The molecule has 0 saturated heterocycles. The molecule has 3 aromatic heterocycles. The molecular formula is C15H14N6O2S2. The standard InChI is InChI=1S/C15H14N6O2S2/c1-8-18-19-15-21(8)20-13(25-15)6-5-12(22)17-14-16-10-4-3-9(23-2)7-11(10)24-14/h3-4,7H,5-6H2,1-2H3,(H,16,17,22). The zero-order chi connectivity index (χ0) is 17.4. The van der Waals surface area contributed by atoms with E-state index < -0.39 is 0 Å². The molecule has 0 unspecified atom stereocenters. The first kappa shape index (κ1) is 15.9. The van der Waals surface area contributed by atoms with Crippen LogP contribution in [0.2, 0.25) is 0 Å². The summed E-state index contributed by atoms with van der Waals surface area (Å²) < 4.78 is 7.87. The minimum atomic E-state index is -0.0892. The van der Waals surface area contributed by atoms with Crippen molar-refractivity contribution in [2.75, 3.05) is 12.4 Å². The van der Waals surface area contributed by atoms with Crippen LogP contribution in [0.15, 0.2) is 18.2 Å². The number of nitrogens with one attached hydrogen (secondary N) is 1. The normalized spacial score (nSPS) is 11.3. The van der Waals surface area contributed by atoms with E-state index in [1.54, 1.807) is 11.6 Å². The number of carbonyl (C=O) groups is 1. The fourth-order valence-electron chi connectivity index (χ4n) is 2.34. The van der Waals surface area contributed by atoms with Gasteiger partial charge < -0.3 is 10.1 Å². The smallest absolute Gasteiger partial charge is 0.234 e. The van der Waals surface area contributed by atoms with Crippen LogP contribution in [0, 0.1) is 6.92 Å². The number of methoxy groups -OCH3 is 1. The Bertz CT molecular complexity index is 1070. The third kappa shape index (κ3) is 3.17. The predicted molar refractivity (Wildman–Crippen MR) is 96.5 cm³/mol. The molecule has 0 saturated carbocycles. The minimum absolute atomic E-state index is 0.0892. The molecule has 0 spiro atoms. The lowest BCUT2D eigenvalue weighted by Crippen LogP contribution is -2.12. The number of anilines is 1. The van der Waals surface area contributed by atoms with Gasteiger partial charge in [-0.25, -0.2) is 4.98 Å². The summed E-state index contributed by atoms with van der Waals surface area (Å²) in [4.78, 5) is 17.3. The minimum Gasteiger partial charge on any atom is -0.497 e. The molecule has 0 fully saturated rings. The van der Waals surface area contributed by atoms with E-state index in [1.807, 2.05) is 25.1 Å². The first-order valence-electron chi connectivity index (χ1n) is 7.54. The summed E-state index contributed by atoms with van der Waals surface area (Å²) in [5, 5.41) is 16.7. The fourth-order valence-corrected chi connectivity index (χ4v) is 4.13. The summed E-state index contributed by atoms with van der Waals surface area (Å²) in [6.07, 6.45) is 0.889. The van der Waals surface area contributed by atoms with Gasteiger partial charge in [0.1, 0.15) is 10.8 Å². The van der Waals surface area contributed by atoms with Crippen molar-refractivity contribution in [3.05, 3.63) is 29.0 Å². The van der Waals surface area contributed by atoms with Gasteiger partial charge in [0.15, 0.2) is 11.0 Å². The van der Waals surface area contributed by atoms with Crippen LogP contribution < -0.4 is 10.1 Å². The molecule has 0 radical (unpaired) electrons. The van der Waals surface area contributed by atoms with Gasteiger partial charge in [-0.2, -0.15) is 9.61 Å². The molecule has 1 amide bonds. The first-order chi connectivity index (χ1) is 12.1. The molecular weight excluding hydrogens is 360 g/mol. The summed E-state index contributed by atoms with van der Waals surface area (Å²) in [6.45, 7) is 1.85. The van der Waals surface area contributed by atoms with Gasteiger partial charge in [0.05, 0.1) is 17.3 Å². The maximum Gasteiger partial charge on any atom is 0.234 e. The second-order valence-electron chi connectivity index (χ2n) is 5.34. The third-order valence-corrected chi connectivity index (χ3v) is 5.49. The number of hydrogen-bond acceptors (Lipinski definition) is 8. The lowest BCUT2D eigenvalue weighted by atomic mass is 10.3. The number of ether oxygens (including phenoxy) is 1. The lowest BCUT2D eigenvalue weighted by molar-refractivity contribution is -0.116. The van der Waals surface area contributed by atoms with Crippen molar-refractivity contribution in [2.24, 2.45) is 0 Å². The molecule has 0 aliphatic carbocycles. The van der Waals surface area contributed by atoms with E-state index in [9.17, 15) is 4.79 Å². The van der Waals surface area contributed by atoms with Crippen LogP contribution in [0.25, 0.3) is 15.2 Å². The molecule has 1 N–H and O–H groups in total. The molecule has 0 aliphatic heterocycles. The quantitative estimate of drug-likeness (QED) is 0.577. The van der Waals surface area contributed by atoms with Crippen molar-refractivity contribution >= 4 is 48.9 Å². The highest BCUT2D eigenvalue weighted by atomic mass is 32.1. The number of rotatable bonds is 5. The number of aromatic nitrogens is 5. The SMILES string of the molecule is COc1ccc2nc(NC(=O)CCc3nn4c(C)nnc4s3)sc2c1. The number of carbonyl (C=O) groups excluding carboxylic acids is 1. The number of fused-ring (bicyclic) bond motifs is 2. The number of thiazole rings is 1. The average molecular weight is 374 g/mol. The summed E-state index contributed by atoms with van der Waals surface area (Å²) >= 11 is 2.87. The molecule has 4 rings (SSSR count). The van der Waals surface area contributed by atoms with Crippen molar-refractivity contribution < 1.29 is 9.53 Å². The maximum atomic E-state index is 12.2. The van der Waals surface area contributed by atoms with E-state index in [4.69, 9.17) is 4.74 Å². The third-order valence-electron chi connectivity index (χ3n) is 3.60. The van der Waals surface area contributed by atoms with E-state index in [0.29, 0.717) is 18.0 Å². The maximum absolute atomic E-state index is 12.2. The van der Waals surface area contributed by atoms with E-state index >= 15 is 0 Å². The average Bonchev–Trinajstić information content (AvgIpc) is 3.27. The molecule has 0 aliphatic rings. The summed E-state index contributed by atoms with van der Waals surface area (Å²) in [7, 11) is 1.62. The van der Waals surface area contributed by atoms with Crippen LogP contribution in [0.3, 0.4) is 0 Å². The highest BCUT2D eigenvalue weighted by Gasteiger charge is 2.12. The summed E-state index contributed by atoms with van der Waals surface area (Å²) in [6, 6.07) is 5.63. The van der Waals surface area contributed by atoms with E-state index in [1.165, 1.54) is 22.7 Å². The Balaban J connectivity index is 1.41. The van der Waals surface area contributed by atoms with Gasteiger partial charge in [-0.1, -0.05) is 22.7 Å². The molecule has 10 heteroatoms. The predicted octanol–water partition coefficient (Wildman–Crippen LogP) is 2.68. The Hall–Kier alpha value is -2.59. The number of amides is 1. The van der Waals surface area contributed by atoms with Crippen LogP contribution in [0.4, 0.5) is 5.13 Å². The molecule has 25 heavy (non-hydrogen) atoms. The van der Waals surface area contributed by atoms with Gasteiger partial charge in [0.25, 0.3) is 0 Å². The Kier molecular flexibility index (Phi) is 4.06. The summed E-state index contributed by atoms with van der Waals surface area (Å²) in [5.74, 6) is 1.42. The first-order valence-corrected chi connectivity index (χ1v) is 9.18. The highest BCUT2D eigenvalue weighted by Crippen LogP contribution is 2.29. The number of nitrogens with zero attached hydrogens (tertiary/aromatic N) is 5. The topological polar surface area (TPSA) is 94.3 Å². The fraction of sp³-hybridized carbons (Fsp3) is 0.267. The second kappa shape index (κ2) is 6.37. The zero-order valence-electron chi connectivity index (χ0n) is 13.5. The molecule has 4 aromatic rings. The van der Waals surface area contributed by atoms with Crippen molar-refractivity contribution in [2.45, 2.75) is 19.8 Å². The van der Waals surface area contributed by atoms with Gasteiger partial charge in [0, 0.05) is 12.8 Å². The molecule has 0 bridgehead atoms. The monoisotopic (exact) mass is 374 g/mol. The molecule has 128 valence electrons. The Morgan fingerprint density at radius 2 is 2.20 bits per heavy atom. The lowest BCUT2D eigenvalue weighted by Gasteiger charge is -1.99. The van der Waals surface area contributed by atoms with E-state index in [-0.39, 0.29) is 5.91 Å². The summed E-state index contributed by atoms with van der Waals surface area (Å²) in [5.41, 5.74) is 0.838. The van der Waals surface area contributed by atoms with Crippen LogP contribution >= 0.6 is 22.7 Å². The Morgan fingerprint density at radius 1 is 1.32 bits per heavy atom. The van der Waals surface area contributed by atoms with Gasteiger partial charge in [0.2, 0.25) is 10.9 Å². The zero-order valence-corrected chi connectivity index (χ0v) is 15.1. The molecule has 1 aromatic carbocycles. The highest BCUT2D eigenvalue weighted by molar-refractivity contribution is 7.22. The van der Waals surface area contributed by atoms with E-state index in [0.717, 1.165) is 31.8 Å². The number of hydrogen-bond donors (Lipinski definition) is 1. The van der Waals surface area contributed by atoms with Crippen molar-refractivity contribution in [3.8, 4) is 5.75 Å². The van der Waals surface area contributed by atoms with Crippen LogP contribution in [0.1, 0.15) is 17.3 Å². The van der Waals surface area contributed by atoms with Crippen molar-refractivity contribution in [3.63, 3.8) is 0 Å². The number of benzene rings is 1. The van der Waals surface area contributed by atoms with Crippen molar-refractivity contribution in [1.29, 1.82) is 0 Å². The largest absolute Gasteiger partial charge is 0.497 e. The van der Waals surface area contributed by atoms with Gasteiger partial charge >= 0.3 is 0 Å². The molecule has 8 nitrogen and oxygen atoms in total. The second-order valence-corrected chi connectivity index (χ2v) is 7.41. The van der Waals surface area contributed by atoms with Gasteiger partial charge in [-0.05, 0) is 25.1 Å². The van der Waals surface area contributed by atoms with Crippen LogP contribution in [-0.2, 0) is 11.2 Å². The van der Waals surface area contributed by atoms with Crippen molar-refractivity contribution in [1.82, 2.24) is 24.8 Å². The van der Waals surface area contributed by atoms with Crippen LogP contribution in [0.5, 0.6) is 5.75 Å². The molecule has 0 atom stereocenters.